The van der Waals surface area contributed by atoms with E-state index in [0.717, 1.165) is 29.0 Å². The van der Waals surface area contributed by atoms with Crippen molar-refractivity contribution in [2.45, 2.75) is 0 Å². The molecule has 0 fully saturated rings. The Bertz CT molecular complexity index is 793. The van der Waals surface area contributed by atoms with Gasteiger partial charge in [0.2, 0.25) is 5.78 Å². The van der Waals surface area contributed by atoms with Gasteiger partial charge >= 0.3 is 0 Å². The molecule has 2 aromatic carbocycles. The third-order valence-corrected chi connectivity index (χ3v) is 5.06. The standard InChI is InChI=1S/C18H16Cl2N2OS/c19-9-11-22(12-10-20)14-7-5-13(6-8-14)17(23)18-21-15-3-1-2-4-16(15)24-18/h1-8H,9-12H2. The molecule has 0 unspecified atom stereocenters. The number of nitrogens with zero attached hydrogens (tertiary/aromatic N) is 2. The van der Waals surface area contributed by atoms with Crippen LogP contribution < -0.4 is 4.90 Å². The van der Waals surface area contributed by atoms with Crippen LogP contribution in [0.15, 0.2) is 48.5 Å². The fourth-order valence-electron chi connectivity index (χ4n) is 2.49. The minimum absolute atomic E-state index is 0.0519. The van der Waals surface area contributed by atoms with Gasteiger partial charge in [0.25, 0.3) is 0 Å². The molecule has 0 saturated heterocycles. The molecule has 3 rings (SSSR count). The van der Waals surface area contributed by atoms with Gasteiger partial charge in [-0.05, 0) is 36.4 Å². The summed E-state index contributed by atoms with van der Waals surface area (Å²) in [6, 6.07) is 15.3. The number of para-hydroxylation sites is 1. The summed E-state index contributed by atoms with van der Waals surface area (Å²) in [5, 5.41) is 0.516. The van der Waals surface area contributed by atoms with Crippen LogP contribution in [0.1, 0.15) is 15.4 Å². The Balaban J connectivity index is 1.82. The minimum atomic E-state index is -0.0519. The number of rotatable bonds is 7. The van der Waals surface area contributed by atoms with Crippen LogP contribution in [0.4, 0.5) is 5.69 Å². The van der Waals surface area contributed by atoms with Gasteiger partial charge in [0.15, 0.2) is 5.01 Å². The topological polar surface area (TPSA) is 33.2 Å². The average molecular weight is 379 g/mol. The number of benzene rings is 2. The van der Waals surface area contributed by atoms with Gasteiger partial charge in [0.1, 0.15) is 0 Å². The fraction of sp³-hybridized carbons (Fsp3) is 0.222. The van der Waals surface area contributed by atoms with Gasteiger partial charge in [0.05, 0.1) is 10.2 Å². The Kier molecular flexibility index (Phi) is 5.72. The molecule has 124 valence electrons. The minimum Gasteiger partial charge on any atom is -0.369 e. The average Bonchev–Trinajstić information content (AvgIpc) is 3.05. The molecular formula is C18H16Cl2N2OS. The number of carbonyl (C=O) groups is 1. The number of alkyl halides is 2. The number of carbonyl (C=O) groups excluding carboxylic acids is 1. The smallest absolute Gasteiger partial charge is 0.221 e. The summed E-state index contributed by atoms with van der Waals surface area (Å²) in [4.78, 5) is 19.2. The van der Waals surface area contributed by atoms with Crippen LogP contribution in [-0.4, -0.2) is 35.6 Å². The van der Waals surface area contributed by atoms with Gasteiger partial charge in [0, 0.05) is 36.1 Å². The molecule has 0 spiro atoms. The molecule has 0 aliphatic heterocycles. The predicted octanol–water partition coefficient (Wildman–Crippen LogP) is 4.81. The molecule has 6 heteroatoms. The SMILES string of the molecule is O=C(c1ccc(N(CCCl)CCCl)cc1)c1nc2ccccc2s1. The zero-order valence-electron chi connectivity index (χ0n) is 12.9. The lowest BCUT2D eigenvalue weighted by molar-refractivity contribution is 0.103. The van der Waals surface area contributed by atoms with E-state index in [9.17, 15) is 4.79 Å². The van der Waals surface area contributed by atoms with Crippen LogP contribution in [-0.2, 0) is 0 Å². The number of hydrogen-bond donors (Lipinski definition) is 0. The fourth-order valence-corrected chi connectivity index (χ4v) is 3.83. The molecule has 1 heterocycles. The molecule has 24 heavy (non-hydrogen) atoms. The third-order valence-electron chi connectivity index (χ3n) is 3.69. The maximum absolute atomic E-state index is 12.6. The van der Waals surface area contributed by atoms with E-state index in [1.165, 1.54) is 11.3 Å². The first-order valence-corrected chi connectivity index (χ1v) is 9.48. The highest BCUT2D eigenvalue weighted by atomic mass is 35.5. The van der Waals surface area contributed by atoms with Crippen LogP contribution in [0.3, 0.4) is 0 Å². The van der Waals surface area contributed by atoms with E-state index in [1.807, 2.05) is 48.5 Å². The van der Waals surface area contributed by atoms with Crippen molar-refractivity contribution in [3.05, 3.63) is 59.1 Å². The normalized spacial score (nSPS) is 10.9. The molecule has 0 N–H and O–H groups in total. The van der Waals surface area contributed by atoms with Crippen LogP contribution in [0.25, 0.3) is 10.2 Å². The summed E-state index contributed by atoms with van der Waals surface area (Å²) in [5.41, 5.74) is 2.50. The molecule has 0 aliphatic carbocycles. The van der Waals surface area contributed by atoms with Crippen LogP contribution in [0.5, 0.6) is 0 Å². The van der Waals surface area contributed by atoms with Gasteiger partial charge in [-0.15, -0.1) is 34.5 Å². The first-order valence-electron chi connectivity index (χ1n) is 7.60. The van der Waals surface area contributed by atoms with E-state index in [0.29, 0.717) is 22.3 Å². The quantitative estimate of drug-likeness (QED) is 0.436. The van der Waals surface area contributed by atoms with Crippen molar-refractivity contribution in [1.82, 2.24) is 4.98 Å². The summed E-state index contributed by atoms with van der Waals surface area (Å²) < 4.78 is 1.02. The zero-order valence-corrected chi connectivity index (χ0v) is 15.2. The van der Waals surface area contributed by atoms with E-state index in [1.54, 1.807) is 0 Å². The van der Waals surface area contributed by atoms with Gasteiger partial charge < -0.3 is 4.90 Å². The second kappa shape index (κ2) is 7.97. The Morgan fingerprint density at radius 3 is 2.29 bits per heavy atom. The van der Waals surface area contributed by atoms with Gasteiger partial charge in [-0.1, -0.05) is 12.1 Å². The van der Waals surface area contributed by atoms with Gasteiger partial charge in [-0.25, -0.2) is 4.98 Å². The highest BCUT2D eigenvalue weighted by molar-refractivity contribution is 7.20. The molecule has 0 amide bonds. The predicted molar refractivity (Wildman–Crippen MR) is 103 cm³/mol. The molecule has 0 radical (unpaired) electrons. The maximum atomic E-state index is 12.6. The monoisotopic (exact) mass is 378 g/mol. The van der Waals surface area contributed by atoms with Crippen molar-refractivity contribution in [2.24, 2.45) is 0 Å². The lowest BCUT2D eigenvalue weighted by Crippen LogP contribution is -2.27. The number of fused-ring (bicyclic) bond motifs is 1. The lowest BCUT2D eigenvalue weighted by atomic mass is 10.1. The number of thiazole rings is 1. The van der Waals surface area contributed by atoms with Crippen molar-refractivity contribution in [3.63, 3.8) is 0 Å². The highest BCUT2D eigenvalue weighted by Gasteiger charge is 2.15. The number of anilines is 1. The third kappa shape index (κ3) is 3.72. The maximum Gasteiger partial charge on any atom is 0.221 e. The molecule has 0 saturated carbocycles. The Hall–Kier alpha value is -1.62. The molecular weight excluding hydrogens is 363 g/mol. The summed E-state index contributed by atoms with van der Waals surface area (Å²) in [6.45, 7) is 1.44. The molecule has 1 aromatic heterocycles. The van der Waals surface area contributed by atoms with Crippen molar-refractivity contribution in [2.75, 3.05) is 29.7 Å². The second-order valence-electron chi connectivity index (χ2n) is 5.23. The first-order chi connectivity index (χ1) is 11.7. The van der Waals surface area contributed by atoms with Crippen molar-refractivity contribution >= 4 is 56.2 Å². The van der Waals surface area contributed by atoms with Gasteiger partial charge in [-0.2, -0.15) is 0 Å². The zero-order chi connectivity index (χ0) is 16.9. The Labute approximate surface area is 154 Å². The number of ketones is 1. The van der Waals surface area contributed by atoms with Crippen LogP contribution in [0, 0.1) is 0 Å². The Morgan fingerprint density at radius 1 is 1.00 bits per heavy atom. The highest BCUT2D eigenvalue weighted by Crippen LogP contribution is 2.24. The van der Waals surface area contributed by atoms with E-state index < -0.39 is 0 Å². The molecule has 0 bridgehead atoms. The number of aromatic nitrogens is 1. The molecule has 3 aromatic rings. The van der Waals surface area contributed by atoms with E-state index in [2.05, 4.69) is 9.88 Å². The molecule has 3 nitrogen and oxygen atoms in total. The Morgan fingerprint density at radius 2 is 1.67 bits per heavy atom. The lowest BCUT2D eigenvalue weighted by Gasteiger charge is -2.22. The van der Waals surface area contributed by atoms with E-state index in [-0.39, 0.29) is 5.78 Å². The summed E-state index contributed by atoms with van der Waals surface area (Å²) in [5.74, 6) is 1.01. The number of halogens is 2. The molecule has 0 aliphatic rings. The summed E-state index contributed by atoms with van der Waals surface area (Å²) >= 11 is 13.1. The number of hydrogen-bond acceptors (Lipinski definition) is 4. The van der Waals surface area contributed by atoms with Crippen LogP contribution >= 0.6 is 34.5 Å². The molecule has 0 atom stereocenters. The van der Waals surface area contributed by atoms with Crippen molar-refractivity contribution in [1.29, 1.82) is 0 Å². The van der Waals surface area contributed by atoms with E-state index >= 15 is 0 Å². The second-order valence-corrected chi connectivity index (χ2v) is 7.01. The summed E-state index contributed by atoms with van der Waals surface area (Å²) in [7, 11) is 0. The summed E-state index contributed by atoms with van der Waals surface area (Å²) in [6.07, 6.45) is 0. The van der Waals surface area contributed by atoms with Gasteiger partial charge in [-0.3, -0.25) is 4.79 Å². The van der Waals surface area contributed by atoms with Crippen molar-refractivity contribution < 1.29 is 4.79 Å². The largest absolute Gasteiger partial charge is 0.369 e. The first kappa shape index (κ1) is 17.2. The van der Waals surface area contributed by atoms with Crippen LogP contribution in [0.2, 0.25) is 0 Å². The van der Waals surface area contributed by atoms with E-state index in [4.69, 9.17) is 23.2 Å². The van der Waals surface area contributed by atoms with Crippen molar-refractivity contribution in [3.8, 4) is 0 Å².